The third-order valence-electron chi connectivity index (χ3n) is 6.48. The van der Waals surface area contributed by atoms with Gasteiger partial charge in [-0.3, -0.25) is 9.59 Å². The lowest BCUT2D eigenvalue weighted by Gasteiger charge is -2.23. The van der Waals surface area contributed by atoms with Gasteiger partial charge in [-0.2, -0.15) is 0 Å². The molecule has 2 heterocycles. The van der Waals surface area contributed by atoms with E-state index in [1.54, 1.807) is 54.6 Å². The average molecular weight is 503 g/mol. The molecule has 0 unspecified atom stereocenters. The van der Waals surface area contributed by atoms with Crippen LogP contribution in [0.25, 0.3) is 22.4 Å². The van der Waals surface area contributed by atoms with Crippen LogP contribution in [0, 0.1) is 6.88 Å². The van der Waals surface area contributed by atoms with E-state index >= 15 is 0 Å². The number of carbonyl (C=O) groups excluding carboxylic acids is 2. The normalized spacial score (nSPS) is 15.2. The first-order valence-electron chi connectivity index (χ1n) is 14.3. The van der Waals surface area contributed by atoms with Gasteiger partial charge in [0.15, 0.2) is 0 Å². The minimum absolute atomic E-state index is 0.0440. The molecule has 0 radical (unpaired) electrons. The maximum absolute atomic E-state index is 13.8. The Kier molecular flexibility index (Phi) is 4.96. The zero-order valence-corrected chi connectivity index (χ0v) is 20.3. The molecule has 186 valence electrons. The van der Waals surface area contributed by atoms with Gasteiger partial charge in [-0.1, -0.05) is 66.7 Å². The molecule has 0 atom stereocenters. The number of hydrogen-bond donors (Lipinski definition) is 2. The molecule has 4 aromatic carbocycles. The number of H-pyrrole nitrogens is 1. The van der Waals surface area contributed by atoms with E-state index in [9.17, 15) is 9.59 Å². The SMILES string of the molecule is [2H]C([2H])c1nc2c([nH]1)C([2H])([2H])CN(C(=O)c1ccc(NC(=O)c3ccccc3-c3ccccc3)cc1)c1ccccc1-2. The number of nitrogens with zero attached hydrogens (tertiary/aromatic N) is 2. The minimum atomic E-state index is -2.02. The molecule has 0 bridgehead atoms. The molecule has 2 N–H and O–H groups in total. The van der Waals surface area contributed by atoms with Crippen molar-refractivity contribution in [3.63, 3.8) is 0 Å². The maximum atomic E-state index is 13.8. The molecule has 0 saturated carbocycles. The van der Waals surface area contributed by atoms with Gasteiger partial charge in [-0.25, -0.2) is 4.98 Å². The van der Waals surface area contributed by atoms with Gasteiger partial charge in [0.05, 0.1) is 11.4 Å². The fourth-order valence-electron chi connectivity index (χ4n) is 4.65. The van der Waals surface area contributed by atoms with Crippen molar-refractivity contribution in [3.05, 3.63) is 126 Å². The average Bonchev–Trinajstić information content (AvgIpc) is 3.44. The van der Waals surface area contributed by atoms with Crippen LogP contribution in [0.3, 0.4) is 0 Å². The summed E-state index contributed by atoms with van der Waals surface area (Å²) in [6.45, 7) is -1.70. The Morgan fingerprint density at radius 3 is 2.39 bits per heavy atom. The number of amides is 2. The zero-order valence-electron chi connectivity index (χ0n) is 24.3. The van der Waals surface area contributed by atoms with E-state index < -0.39 is 19.2 Å². The van der Waals surface area contributed by atoms with Gasteiger partial charge >= 0.3 is 0 Å². The standard InChI is InChI=1S/C32H26N4O2/c1-21-33-28-19-20-36(29-14-8-7-13-27(29)30(28)34-21)32(38)23-15-17-24(18-16-23)35-31(37)26-12-6-5-11-25(26)22-9-3-2-4-10-22/h2-18H,19-20H2,1H3,(H,33,34)(H,35,37)/i1D2,19D2. The molecule has 1 aliphatic heterocycles. The monoisotopic (exact) mass is 502 g/mol. The van der Waals surface area contributed by atoms with E-state index in [-0.39, 0.29) is 24.0 Å². The molecule has 1 aromatic heterocycles. The number of fused-ring (bicyclic) bond motifs is 3. The van der Waals surface area contributed by atoms with Crippen LogP contribution in [0.5, 0.6) is 0 Å². The Bertz CT molecular complexity index is 1790. The van der Waals surface area contributed by atoms with Gasteiger partial charge in [0.1, 0.15) is 5.82 Å². The Morgan fingerprint density at radius 1 is 0.895 bits per heavy atom. The smallest absolute Gasteiger partial charge is 0.258 e. The fraction of sp³-hybridized carbons (Fsp3) is 0.0938. The first-order chi connectivity index (χ1) is 20.2. The van der Waals surface area contributed by atoms with Crippen molar-refractivity contribution in [2.24, 2.45) is 0 Å². The Balaban J connectivity index is 1.27. The summed E-state index contributed by atoms with van der Waals surface area (Å²) >= 11 is 0. The number of aryl methyl sites for hydroxylation is 1. The summed E-state index contributed by atoms with van der Waals surface area (Å²) < 4.78 is 32.9. The summed E-state index contributed by atoms with van der Waals surface area (Å²) in [5.41, 5.74) is 4.53. The number of benzene rings is 4. The number of anilines is 2. The van der Waals surface area contributed by atoms with E-state index in [2.05, 4.69) is 15.3 Å². The molecule has 0 saturated heterocycles. The molecule has 38 heavy (non-hydrogen) atoms. The van der Waals surface area contributed by atoms with Crippen LogP contribution in [0.1, 0.15) is 37.7 Å². The number of rotatable bonds is 4. The highest BCUT2D eigenvalue weighted by Crippen LogP contribution is 2.36. The van der Waals surface area contributed by atoms with Crippen molar-refractivity contribution in [1.29, 1.82) is 0 Å². The summed E-state index contributed by atoms with van der Waals surface area (Å²) in [7, 11) is 0. The van der Waals surface area contributed by atoms with E-state index in [0.717, 1.165) is 11.1 Å². The second-order valence-corrected chi connectivity index (χ2v) is 8.87. The predicted molar refractivity (Wildman–Crippen MR) is 150 cm³/mol. The van der Waals surface area contributed by atoms with Crippen LogP contribution in [0.4, 0.5) is 11.4 Å². The summed E-state index contributed by atoms with van der Waals surface area (Å²) in [4.78, 5) is 35.6. The molecule has 2 amide bonds. The van der Waals surface area contributed by atoms with Gasteiger partial charge in [-0.05, 0) is 54.4 Å². The highest BCUT2D eigenvalue weighted by molar-refractivity contribution is 6.10. The maximum Gasteiger partial charge on any atom is 0.258 e. The zero-order chi connectivity index (χ0) is 29.4. The van der Waals surface area contributed by atoms with Gasteiger partial charge in [0.2, 0.25) is 0 Å². The van der Waals surface area contributed by atoms with E-state index in [1.807, 2.05) is 48.5 Å². The van der Waals surface area contributed by atoms with Crippen LogP contribution in [-0.4, -0.2) is 28.3 Å². The second-order valence-electron chi connectivity index (χ2n) is 8.87. The summed E-state index contributed by atoms with van der Waals surface area (Å²) in [5, 5.41) is 2.91. The summed E-state index contributed by atoms with van der Waals surface area (Å²) in [5.74, 6) is -0.649. The number of aromatic nitrogens is 2. The lowest BCUT2D eigenvalue weighted by atomic mass is 9.99. The summed E-state index contributed by atoms with van der Waals surface area (Å²) in [6, 6.07) is 30.5. The largest absolute Gasteiger partial charge is 0.346 e. The predicted octanol–water partition coefficient (Wildman–Crippen LogP) is 6.51. The first kappa shape index (κ1) is 19.2. The van der Waals surface area contributed by atoms with E-state index in [0.29, 0.717) is 33.8 Å². The third-order valence-corrected chi connectivity index (χ3v) is 6.48. The Morgan fingerprint density at radius 2 is 1.61 bits per heavy atom. The van der Waals surface area contributed by atoms with Crippen LogP contribution >= 0.6 is 0 Å². The number of aromatic amines is 1. The Labute approximate surface area is 226 Å². The van der Waals surface area contributed by atoms with Gasteiger partial charge in [-0.15, -0.1) is 0 Å². The number of para-hydroxylation sites is 1. The van der Waals surface area contributed by atoms with E-state index in [1.165, 1.54) is 4.90 Å². The van der Waals surface area contributed by atoms with Crippen molar-refractivity contribution < 1.29 is 15.1 Å². The third kappa shape index (κ3) is 4.37. The van der Waals surface area contributed by atoms with Crippen LogP contribution in [0.2, 0.25) is 0 Å². The van der Waals surface area contributed by atoms with Crippen molar-refractivity contribution >= 4 is 23.2 Å². The van der Waals surface area contributed by atoms with Crippen molar-refractivity contribution in [3.8, 4) is 22.4 Å². The quantitative estimate of drug-likeness (QED) is 0.294. The number of imidazole rings is 1. The molecular formula is C32H26N4O2. The first-order valence-corrected chi connectivity index (χ1v) is 12.1. The highest BCUT2D eigenvalue weighted by Gasteiger charge is 2.26. The van der Waals surface area contributed by atoms with Gasteiger partial charge < -0.3 is 15.2 Å². The van der Waals surface area contributed by atoms with E-state index in [4.69, 9.17) is 5.48 Å². The minimum Gasteiger partial charge on any atom is -0.346 e. The fourth-order valence-corrected chi connectivity index (χ4v) is 4.65. The van der Waals surface area contributed by atoms with Crippen LogP contribution < -0.4 is 10.2 Å². The molecule has 0 spiro atoms. The second kappa shape index (κ2) is 9.82. The van der Waals surface area contributed by atoms with Crippen molar-refractivity contribution in [2.45, 2.75) is 13.2 Å². The topological polar surface area (TPSA) is 78.1 Å². The molecule has 6 nitrogen and oxygen atoms in total. The van der Waals surface area contributed by atoms with Gasteiger partial charge in [0, 0.05) is 46.5 Å². The number of carbonyl (C=O) groups is 2. The molecular weight excluding hydrogens is 472 g/mol. The van der Waals surface area contributed by atoms with Crippen LogP contribution in [0.15, 0.2) is 103 Å². The lowest BCUT2D eigenvalue weighted by Crippen LogP contribution is -2.32. The Hall–Kier alpha value is -4.97. The molecule has 0 aliphatic carbocycles. The molecule has 6 heteroatoms. The number of nitrogens with one attached hydrogen (secondary N) is 2. The van der Waals surface area contributed by atoms with Crippen molar-refractivity contribution in [2.75, 3.05) is 16.8 Å². The number of hydrogen-bond acceptors (Lipinski definition) is 3. The molecule has 5 aromatic rings. The summed E-state index contributed by atoms with van der Waals surface area (Å²) in [6.07, 6.45) is -2.02. The van der Waals surface area contributed by atoms with Gasteiger partial charge in [0.25, 0.3) is 11.8 Å². The molecule has 0 fully saturated rings. The molecule has 6 rings (SSSR count). The molecule has 1 aliphatic rings. The lowest BCUT2D eigenvalue weighted by molar-refractivity contribution is 0.0986. The van der Waals surface area contributed by atoms with Crippen LogP contribution in [-0.2, 0) is 6.37 Å². The highest BCUT2D eigenvalue weighted by atomic mass is 16.2. The van der Waals surface area contributed by atoms with Crippen molar-refractivity contribution in [1.82, 2.24) is 9.97 Å².